The van der Waals surface area contributed by atoms with Crippen molar-refractivity contribution in [2.45, 2.75) is 124 Å². The molecule has 15 nitrogen and oxygen atoms in total. The van der Waals surface area contributed by atoms with Crippen LogP contribution in [-0.4, -0.2) is 94.8 Å². The van der Waals surface area contributed by atoms with Gasteiger partial charge < -0.3 is 35.7 Å². The minimum absolute atomic E-state index is 0.0592. The zero-order valence-corrected chi connectivity index (χ0v) is 30.4. The second-order valence-corrected chi connectivity index (χ2v) is 9.54. The van der Waals surface area contributed by atoms with Gasteiger partial charge in [-0.25, -0.2) is 0 Å². The number of carbonyl (C=O) groups excluding carboxylic acids is 9. The van der Waals surface area contributed by atoms with Gasteiger partial charge in [0.2, 0.25) is 0 Å². The van der Waals surface area contributed by atoms with Crippen LogP contribution in [0.4, 0.5) is 0 Å². The molecule has 0 fully saturated rings. The summed E-state index contributed by atoms with van der Waals surface area (Å²) in [6.45, 7) is 11.9. The largest absolute Gasteiger partial charge is 0.466 e. The molecule has 48 heavy (non-hydrogen) atoms. The minimum atomic E-state index is -0.0785. The quantitative estimate of drug-likeness (QED) is 0.0939. The van der Waals surface area contributed by atoms with Crippen molar-refractivity contribution in [3.05, 3.63) is 0 Å². The summed E-state index contributed by atoms with van der Waals surface area (Å²) >= 11 is 0. The van der Waals surface area contributed by atoms with Crippen molar-refractivity contribution in [3.63, 3.8) is 0 Å². The Balaban J connectivity index is -0.0000000882. The molecule has 0 unspecified atom stereocenters. The van der Waals surface area contributed by atoms with Crippen LogP contribution in [-0.2, 0) is 52.6 Å². The van der Waals surface area contributed by atoms with Crippen LogP contribution in [0, 0.1) is 0 Å². The van der Waals surface area contributed by atoms with Gasteiger partial charge in [-0.3, -0.25) is 9.59 Å². The zero-order valence-electron chi connectivity index (χ0n) is 30.4. The van der Waals surface area contributed by atoms with E-state index in [1.807, 2.05) is 34.9 Å². The number of ketones is 1. The number of carbonyl (C=O) groups is 3. The Morgan fingerprint density at radius 1 is 0.583 bits per heavy atom. The lowest BCUT2D eigenvalue weighted by atomic mass is 10.2. The zero-order chi connectivity index (χ0) is 38.5. The fraction of sp³-hybridized carbons (Fsp3) is 0.818. The van der Waals surface area contributed by atoms with E-state index in [9.17, 15) is 14.4 Å². The molecule has 0 aromatic heterocycles. The molecule has 0 spiro atoms. The van der Waals surface area contributed by atoms with Crippen LogP contribution in [0.5, 0.6) is 0 Å². The number of esters is 2. The predicted octanol–water partition coefficient (Wildman–Crippen LogP) is 3.17. The Hall–Kier alpha value is -3.41. The summed E-state index contributed by atoms with van der Waals surface area (Å²) in [6, 6.07) is 0. The number of hydrogen-bond acceptors (Lipinski definition) is 15. The topological polar surface area (TPSA) is 242 Å². The third kappa shape index (κ3) is 112. The van der Waals surface area contributed by atoms with Crippen molar-refractivity contribution >= 4 is 36.2 Å². The maximum Gasteiger partial charge on any atom is 0.373 e. The van der Waals surface area contributed by atoms with Gasteiger partial charge in [-0.2, -0.15) is 28.8 Å². The van der Waals surface area contributed by atoms with Crippen molar-refractivity contribution in [1.82, 2.24) is 10.6 Å². The van der Waals surface area contributed by atoms with Gasteiger partial charge in [0.15, 0.2) is 0 Å². The molecular weight excluding hydrogens is 630 g/mol. The van der Waals surface area contributed by atoms with Gasteiger partial charge in [0.1, 0.15) is 5.78 Å². The number of rotatable bonds is 22. The minimum Gasteiger partial charge on any atom is -0.466 e. The monoisotopic (exact) mass is 695 g/mol. The van der Waals surface area contributed by atoms with E-state index in [0.29, 0.717) is 32.7 Å². The van der Waals surface area contributed by atoms with Crippen LogP contribution >= 0.6 is 0 Å². The number of ether oxygens (including phenoxy) is 2. The molecule has 5 N–H and O–H groups in total. The first-order chi connectivity index (χ1) is 23.0. The Labute approximate surface area is 287 Å². The molecule has 0 aromatic rings. The summed E-state index contributed by atoms with van der Waals surface area (Å²) in [6.07, 6.45) is 14.8. The molecule has 0 radical (unpaired) electrons. The van der Waals surface area contributed by atoms with Crippen LogP contribution in [0.2, 0.25) is 0 Å². The van der Waals surface area contributed by atoms with Crippen molar-refractivity contribution in [2.24, 2.45) is 5.73 Å². The van der Waals surface area contributed by atoms with Crippen LogP contribution in [0.3, 0.4) is 0 Å². The number of aliphatic hydroxyl groups is 1. The summed E-state index contributed by atoms with van der Waals surface area (Å²) in [5, 5.41) is 14.5. The van der Waals surface area contributed by atoms with Crippen LogP contribution < -0.4 is 16.4 Å². The average molecular weight is 696 g/mol. The van der Waals surface area contributed by atoms with Gasteiger partial charge in [0.05, 0.1) is 13.2 Å². The fourth-order valence-electron chi connectivity index (χ4n) is 2.87. The van der Waals surface area contributed by atoms with E-state index in [0.717, 1.165) is 96.7 Å². The first kappa shape index (κ1) is 60.0. The van der Waals surface area contributed by atoms with Crippen molar-refractivity contribution < 1.29 is 57.7 Å². The molecule has 0 aliphatic heterocycles. The van der Waals surface area contributed by atoms with Crippen LogP contribution in [0.15, 0.2) is 0 Å². The standard InChI is InChI=1S/C10H21NO2.C9H19NO2.C6H15NO.C5H10O.3CO2/c1-3-7-10(12)13-9-6-4-5-8-11-2;1-2-6-9(11)12-8-5-3-4-7-10;1-7-5-3-2-4-6-8;1-3-4-5(2)6;3*2-1-3/h11H,3-9H2,1-2H3;2-8,10H2,1H3;7-8H,2-6H2,1H3;3-4H2,1-2H3;;;. The van der Waals surface area contributed by atoms with E-state index >= 15 is 0 Å². The highest BCUT2D eigenvalue weighted by Gasteiger charge is 1.99. The number of unbranched alkanes of at least 4 members (excludes halogenated alkanes) is 6. The van der Waals surface area contributed by atoms with Crippen molar-refractivity contribution in [2.75, 3.05) is 53.6 Å². The van der Waals surface area contributed by atoms with Crippen LogP contribution in [0.1, 0.15) is 124 Å². The van der Waals surface area contributed by atoms with Gasteiger partial charge in [0, 0.05) is 25.9 Å². The highest BCUT2D eigenvalue weighted by molar-refractivity contribution is 5.75. The van der Waals surface area contributed by atoms with Gasteiger partial charge in [-0.05, 0) is 118 Å². The lowest BCUT2D eigenvalue weighted by molar-refractivity contribution is -0.193. The number of aliphatic hydroxyl groups excluding tert-OH is 1. The van der Waals surface area contributed by atoms with Crippen molar-refractivity contribution in [3.8, 4) is 0 Å². The van der Waals surface area contributed by atoms with E-state index in [-0.39, 0.29) is 36.2 Å². The fourth-order valence-corrected chi connectivity index (χ4v) is 2.87. The van der Waals surface area contributed by atoms with Gasteiger partial charge in [-0.15, -0.1) is 0 Å². The van der Waals surface area contributed by atoms with E-state index in [4.69, 9.17) is 49.1 Å². The Bertz CT molecular complexity index is 701. The molecular formula is C33H65N3O12. The number of Topliss-reactive ketones (excluding diaryl/α,β-unsaturated/α-hetero) is 1. The molecule has 0 saturated carbocycles. The molecule has 15 heteroatoms. The highest BCUT2D eigenvalue weighted by Crippen LogP contribution is 1.98. The predicted molar refractivity (Wildman–Crippen MR) is 178 cm³/mol. The molecule has 284 valence electrons. The van der Waals surface area contributed by atoms with E-state index in [2.05, 4.69) is 10.6 Å². The summed E-state index contributed by atoms with van der Waals surface area (Å²) in [5.41, 5.74) is 5.31. The smallest absolute Gasteiger partial charge is 0.373 e. The first-order valence-corrected chi connectivity index (χ1v) is 16.4. The lowest BCUT2D eigenvalue weighted by Gasteiger charge is -2.03. The number of nitrogens with two attached hydrogens (primary N) is 1. The maximum absolute atomic E-state index is 10.9. The van der Waals surface area contributed by atoms with Crippen LogP contribution in [0.25, 0.3) is 0 Å². The summed E-state index contributed by atoms with van der Waals surface area (Å²) < 4.78 is 9.95. The van der Waals surface area contributed by atoms with Crippen molar-refractivity contribution in [1.29, 1.82) is 0 Å². The Kier molecular flexibility index (Phi) is 87.5. The third-order valence-corrected chi connectivity index (χ3v) is 5.04. The van der Waals surface area contributed by atoms with Gasteiger partial charge in [0.25, 0.3) is 0 Å². The summed E-state index contributed by atoms with van der Waals surface area (Å²) in [4.78, 5) is 80.5. The third-order valence-electron chi connectivity index (χ3n) is 5.04. The average Bonchev–Trinajstić information content (AvgIpc) is 3.03. The summed E-state index contributed by atoms with van der Waals surface area (Å²) in [5.74, 6) is 0.152. The molecule has 0 aliphatic rings. The lowest BCUT2D eigenvalue weighted by Crippen LogP contribution is -2.08. The Morgan fingerprint density at radius 2 is 0.917 bits per heavy atom. The van der Waals surface area contributed by atoms with E-state index in [1.165, 1.54) is 6.42 Å². The SMILES string of the molecule is CCCC(=O)OCCCCCN.CCCC(=O)OCCCCCNC.CCCC(C)=O.CNCCCCCO.O=C=O.O=C=O.O=C=O. The highest BCUT2D eigenvalue weighted by atomic mass is 16.5. The number of nitrogens with one attached hydrogen (secondary N) is 2. The first-order valence-electron chi connectivity index (χ1n) is 16.4. The normalized spacial score (nSPS) is 8.33. The molecule has 0 rings (SSSR count). The van der Waals surface area contributed by atoms with Gasteiger partial charge in [-0.1, -0.05) is 20.8 Å². The molecule has 0 amide bonds. The van der Waals surface area contributed by atoms with E-state index in [1.54, 1.807) is 6.92 Å². The second-order valence-electron chi connectivity index (χ2n) is 9.54. The van der Waals surface area contributed by atoms with E-state index < -0.39 is 0 Å². The Morgan fingerprint density at radius 3 is 1.17 bits per heavy atom. The van der Waals surface area contributed by atoms with Gasteiger partial charge >= 0.3 is 30.4 Å². The molecule has 0 bridgehead atoms. The molecule has 0 saturated heterocycles. The molecule has 0 aromatic carbocycles. The summed E-state index contributed by atoms with van der Waals surface area (Å²) in [7, 11) is 3.89. The molecule has 0 heterocycles. The second kappa shape index (κ2) is 70.1. The number of hydrogen-bond donors (Lipinski definition) is 4. The maximum atomic E-state index is 10.9. The molecule has 0 aliphatic carbocycles. The molecule has 0 atom stereocenters.